The Kier molecular flexibility index (Phi) is 4.88. The van der Waals surface area contributed by atoms with Gasteiger partial charge in [-0.05, 0) is 43.5 Å². The summed E-state index contributed by atoms with van der Waals surface area (Å²) < 4.78 is 69.7. The molecule has 0 amide bonds. The Hall–Kier alpha value is -1.86. The van der Waals surface area contributed by atoms with Crippen molar-refractivity contribution in [3.8, 4) is 0 Å². The largest absolute Gasteiger partial charge is 0.416 e. The van der Waals surface area contributed by atoms with E-state index in [9.17, 15) is 21.6 Å². The predicted octanol–water partition coefficient (Wildman–Crippen LogP) is 4.79. The van der Waals surface area contributed by atoms with Gasteiger partial charge in [-0.15, -0.1) is 0 Å². The van der Waals surface area contributed by atoms with Crippen LogP contribution in [0.3, 0.4) is 0 Å². The molecule has 3 nitrogen and oxygen atoms in total. The Labute approximate surface area is 150 Å². The van der Waals surface area contributed by atoms with Crippen LogP contribution in [0.4, 0.5) is 13.2 Å². The molecule has 2 unspecified atom stereocenters. The molecular formula is C19H19F3O3S. The molecule has 0 aliphatic carbocycles. The van der Waals surface area contributed by atoms with Crippen molar-refractivity contribution in [2.75, 3.05) is 6.61 Å². The van der Waals surface area contributed by atoms with E-state index in [1.165, 1.54) is 6.07 Å². The average molecular weight is 384 g/mol. The smallest absolute Gasteiger partial charge is 0.373 e. The normalized spacial score (nSPS) is 24.4. The Balaban J connectivity index is 1.95. The van der Waals surface area contributed by atoms with Gasteiger partial charge in [0.05, 0.1) is 21.3 Å². The molecule has 1 aliphatic heterocycles. The van der Waals surface area contributed by atoms with Gasteiger partial charge in [-0.3, -0.25) is 0 Å². The van der Waals surface area contributed by atoms with Crippen molar-refractivity contribution in [1.82, 2.24) is 0 Å². The summed E-state index contributed by atoms with van der Waals surface area (Å²) in [5.74, 6) is 0. The van der Waals surface area contributed by atoms with Crippen LogP contribution in [0.15, 0.2) is 59.5 Å². The van der Waals surface area contributed by atoms with Crippen molar-refractivity contribution in [3.05, 3.63) is 65.7 Å². The zero-order chi connectivity index (χ0) is 19.0. The van der Waals surface area contributed by atoms with Crippen LogP contribution in [0.5, 0.6) is 0 Å². The van der Waals surface area contributed by atoms with E-state index in [0.717, 1.165) is 17.7 Å². The van der Waals surface area contributed by atoms with Crippen molar-refractivity contribution in [2.45, 2.75) is 41.7 Å². The lowest BCUT2D eigenvalue weighted by Gasteiger charge is -2.38. The quantitative estimate of drug-likeness (QED) is 0.764. The van der Waals surface area contributed by atoms with Crippen LogP contribution in [0.2, 0.25) is 0 Å². The molecular weight excluding hydrogens is 365 g/mol. The maximum Gasteiger partial charge on any atom is 0.416 e. The van der Waals surface area contributed by atoms with E-state index in [1.54, 1.807) is 6.92 Å². The first-order valence-electron chi connectivity index (χ1n) is 8.22. The number of hydrogen-bond acceptors (Lipinski definition) is 3. The van der Waals surface area contributed by atoms with Gasteiger partial charge in [0.2, 0.25) is 0 Å². The summed E-state index contributed by atoms with van der Waals surface area (Å²) in [6.45, 7) is 1.81. The van der Waals surface area contributed by atoms with Gasteiger partial charge in [0.1, 0.15) is 0 Å². The number of rotatable bonds is 3. The highest BCUT2D eigenvalue weighted by molar-refractivity contribution is 7.92. The second-order valence-electron chi connectivity index (χ2n) is 6.70. The number of hydrogen-bond donors (Lipinski definition) is 0. The molecule has 0 spiro atoms. The lowest BCUT2D eigenvalue weighted by atomic mass is 9.92. The Morgan fingerprint density at radius 1 is 1.08 bits per heavy atom. The van der Waals surface area contributed by atoms with Crippen molar-refractivity contribution < 1.29 is 26.3 Å². The minimum absolute atomic E-state index is 0.190. The Morgan fingerprint density at radius 3 is 2.42 bits per heavy atom. The number of benzene rings is 2. The van der Waals surface area contributed by atoms with Crippen LogP contribution < -0.4 is 0 Å². The summed E-state index contributed by atoms with van der Waals surface area (Å²) in [4.78, 5) is -0.302. The van der Waals surface area contributed by atoms with Crippen LogP contribution in [0.1, 0.15) is 37.0 Å². The molecule has 140 valence electrons. The topological polar surface area (TPSA) is 43.4 Å². The van der Waals surface area contributed by atoms with Crippen LogP contribution in [0.25, 0.3) is 0 Å². The van der Waals surface area contributed by atoms with Gasteiger partial charge in [-0.2, -0.15) is 13.2 Å². The van der Waals surface area contributed by atoms with E-state index < -0.39 is 32.4 Å². The second-order valence-corrected chi connectivity index (χ2v) is 9.17. The lowest BCUT2D eigenvalue weighted by molar-refractivity contribution is -0.137. The fourth-order valence-corrected chi connectivity index (χ4v) is 5.05. The molecule has 0 aromatic heterocycles. The maximum absolute atomic E-state index is 13.1. The molecule has 2 aromatic rings. The maximum atomic E-state index is 13.1. The fourth-order valence-electron chi connectivity index (χ4n) is 3.22. The van der Waals surface area contributed by atoms with Gasteiger partial charge < -0.3 is 4.74 Å². The van der Waals surface area contributed by atoms with E-state index in [-0.39, 0.29) is 24.3 Å². The van der Waals surface area contributed by atoms with Gasteiger partial charge in [0.25, 0.3) is 0 Å². The van der Waals surface area contributed by atoms with Gasteiger partial charge >= 0.3 is 6.18 Å². The van der Waals surface area contributed by atoms with E-state index in [1.807, 2.05) is 30.3 Å². The number of halogens is 3. The van der Waals surface area contributed by atoms with Crippen molar-refractivity contribution in [1.29, 1.82) is 0 Å². The number of sulfone groups is 1. The molecule has 1 saturated heterocycles. The number of ether oxygens (including phenoxy) is 1. The van der Waals surface area contributed by atoms with Crippen molar-refractivity contribution in [2.24, 2.45) is 0 Å². The minimum atomic E-state index is -4.59. The number of alkyl halides is 3. The SMILES string of the molecule is CC1(S(=O)(=O)c2cccc(C(F)(F)F)c2)CCOC(c2ccccc2)C1. The molecule has 1 aliphatic rings. The third kappa shape index (κ3) is 3.50. The minimum Gasteiger partial charge on any atom is -0.373 e. The summed E-state index contributed by atoms with van der Waals surface area (Å²) in [5, 5.41) is 0. The van der Waals surface area contributed by atoms with E-state index in [0.29, 0.717) is 6.07 Å². The van der Waals surface area contributed by atoms with Gasteiger partial charge in [0, 0.05) is 6.61 Å². The zero-order valence-electron chi connectivity index (χ0n) is 14.2. The van der Waals surface area contributed by atoms with Crippen LogP contribution in [-0.2, 0) is 20.8 Å². The van der Waals surface area contributed by atoms with Crippen LogP contribution in [0, 0.1) is 0 Å². The average Bonchev–Trinajstić information content (AvgIpc) is 2.62. The highest BCUT2D eigenvalue weighted by Gasteiger charge is 2.45. The highest BCUT2D eigenvalue weighted by atomic mass is 32.2. The van der Waals surface area contributed by atoms with Crippen molar-refractivity contribution in [3.63, 3.8) is 0 Å². The Bertz CT molecular complexity index is 878. The van der Waals surface area contributed by atoms with E-state index >= 15 is 0 Å². The van der Waals surface area contributed by atoms with Crippen LogP contribution in [-0.4, -0.2) is 19.8 Å². The summed E-state index contributed by atoms with van der Waals surface area (Å²) in [6, 6.07) is 13.2. The second kappa shape index (κ2) is 6.70. The first kappa shape index (κ1) is 18.9. The molecule has 2 aromatic carbocycles. The summed E-state index contributed by atoms with van der Waals surface area (Å²) in [6.07, 6.45) is -4.57. The van der Waals surface area contributed by atoms with Crippen LogP contribution >= 0.6 is 0 Å². The van der Waals surface area contributed by atoms with E-state index in [4.69, 9.17) is 4.74 Å². The Morgan fingerprint density at radius 2 is 1.77 bits per heavy atom. The molecule has 26 heavy (non-hydrogen) atoms. The van der Waals surface area contributed by atoms with E-state index in [2.05, 4.69) is 0 Å². The van der Waals surface area contributed by atoms with Crippen molar-refractivity contribution >= 4 is 9.84 Å². The van der Waals surface area contributed by atoms with Gasteiger partial charge in [-0.25, -0.2) is 8.42 Å². The predicted molar refractivity (Wildman–Crippen MR) is 91.4 cm³/mol. The molecule has 0 saturated carbocycles. The molecule has 0 radical (unpaired) electrons. The van der Waals surface area contributed by atoms with Gasteiger partial charge in [0.15, 0.2) is 9.84 Å². The molecule has 1 heterocycles. The third-order valence-corrected chi connectivity index (χ3v) is 7.40. The lowest BCUT2D eigenvalue weighted by Crippen LogP contribution is -2.42. The summed E-state index contributed by atoms with van der Waals surface area (Å²) in [5.41, 5.74) is -0.105. The molecule has 7 heteroatoms. The molecule has 3 rings (SSSR count). The standard InChI is InChI=1S/C19H19F3O3S/c1-18(10-11-25-17(13-18)14-6-3-2-4-7-14)26(23,24)16-9-5-8-15(12-16)19(20,21)22/h2-9,12,17H,10-11,13H2,1H3. The zero-order valence-corrected chi connectivity index (χ0v) is 15.0. The monoisotopic (exact) mass is 384 g/mol. The third-order valence-electron chi connectivity index (χ3n) is 4.86. The molecule has 0 bridgehead atoms. The van der Waals surface area contributed by atoms with Gasteiger partial charge in [-0.1, -0.05) is 36.4 Å². The summed E-state index contributed by atoms with van der Waals surface area (Å²) >= 11 is 0. The first-order valence-corrected chi connectivity index (χ1v) is 9.70. The molecule has 1 fully saturated rings. The fraction of sp³-hybridized carbons (Fsp3) is 0.368. The highest BCUT2D eigenvalue weighted by Crippen LogP contribution is 2.42. The summed E-state index contributed by atoms with van der Waals surface area (Å²) in [7, 11) is -3.97. The molecule has 2 atom stereocenters. The first-order chi connectivity index (χ1) is 12.1. The molecule has 0 N–H and O–H groups in total.